The third-order valence-electron chi connectivity index (χ3n) is 5.38. The maximum atomic E-state index is 13.6. The molecule has 2 atom stereocenters. The number of carbonyl (C=O) groups is 3. The standard InChI is InChI=1S/C21H18F4N4O5/c22-13-2-1-11(6-14(13)23)34-17-3-4-33-9-16(17)29-8-15-12(21(29)32)5-10(7-26-15)19(30)27-28-20(31)18(24)25/h1-2,5-7,16-18H,3-4,8-9H2,(H,27,30)(H,28,31)/t16-,17-/m1/s1. The normalized spacial score (nSPS) is 19.7. The Labute approximate surface area is 190 Å². The lowest BCUT2D eigenvalue weighted by atomic mass is 10.0. The number of aromatic nitrogens is 1. The molecule has 0 spiro atoms. The molecule has 34 heavy (non-hydrogen) atoms. The number of hydrazine groups is 1. The van der Waals surface area contributed by atoms with Crippen LogP contribution in [0.1, 0.15) is 32.8 Å². The van der Waals surface area contributed by atoms with Crippen molar-refractivity contribution in [3.8, 4) is 5.75 Å². The molecule has 0 bridgehead atoms. The fourth-order valence-corrected chi connectivity index (χ4v) is 3.69. The predicted molar refractivity (Wildman–Crippen MR) is 106 cm³/mol. The second-order valence-electron chi connectivity index (χ2n) is 7.56. The van der Waals surface area contributed by atoms with Crippen LogP contribution in [-0.2, 0) is 16.1 Å². The van der Waals surface area contributed by atoms with Gasteiger partial charge in [-0.25, -0.2) is 8.78 Å². The van der Waals surface area contributed by atoms with Crippen LogP contribution in [0.15, 0.2) is 30.5 Å². The number of halogens is 4. The Kier molecular flexibility index (Phi) is 6.63. The van der Waals surface area contributed by atoms with Gasteiger partial charge in [-0.05, 0) is 18.2 Å². The van der Waals surface area contributed by atoms with Crippen molar-refractivity contribution in [1.82, 2.24) is 20.7 Å². The Morgan fingerprint density at radius 1 is 1.18 bits per heavy atom. The lowest BCUT2D eigenvalue weighted by Crippen LogP contribution is -2.52. The van der Waals surface area contributed by atoms with Crippen LogP contribution in [-0.4, -0.2) is 59.4 Å². The van der Waals surface area contributed by atoms with E-state index in [0.29, 0.717) is 18.7 Å². The number of carbonyl (C=O) groups excluding carboxylic acids is 3. The molecule has 3 heterocycles. The van der Waals surface area contributed by atoms with Crippen LogP contribution in [0.3, 0.4) is 0 Å². The van der Waals surface area contributed by atoms with Crippen LogP contribution in [0.25, 0.3) is 0 Å². The van der Waals surface area contributed by atoms with E-state index in [1.165, 1.54) is 17.0 Å². The molecule has 0 unspecified atom stereocenters. The summed E-state index contributed by atoms with van der Waals surface area (Å²) < 4.78 is 62.6. The minimum atomic E-state index is -3.31. The van der Waals surface area contributed by atoms with Crippen molar-refractivity contribution >= 4 is 17.7 Å². The van der Waals surface area contributed by atoms with Gasteiger partial charge >= 0.3 is 12.3 Å². The molecule has 0 radical (unpaired) electrons. The van der Waals surface area contributed by atoms with Gasteiger partial charge in [0.2, 0.25) is 0 Å². The highest BCUT2D eigenvalue weighted by molar-refractivity contribution is 6.02. The van der Waals surface area contributed by atoms with Gasteiger partial charge < -0.3 is 14.4 Å². The fraction of sp³-hybridized carbons (Fsp3) is 0.333. The third-order valence-corrected chi connectivity index (χ3v) is 5.38. The molecule has 1 saturated heterocycles. The van der Waals surface area contributed by atoms with E-state index in [0.717, 1.165) is 18.3 Å². The van der Waals surface area contributed by atoms with Gasteiger partial charge in [-0.3, -0.25) is 30.2 Å². The summed E-state index contributed by atoms with van der Waals surface area (Å²) >= 11 is 0. The van der Waals surface area contributed by atoms with Gasteiger partial charge in [0.15, 0.2) is 11.6 Å². The van der Waals surface area contributed by atoms with Gasteiger partial charge in [-0.2, -0.15) is 8.78 Å². The number of ether oxygens (including phenoxy) is 2. The number of alkyl halides is 2. The summed E-state index contributed by atoms with van der Waals surface area (Å²) in [5, 5.41) is 0. The number of nitrogens with one attached hydrogen (secondary N) is 2. The second-order valence-corrected chi connectivity index (χ2v) is 7.56. The first-order valence-corrected chi connectivity index (χ1v) is 10.1. The maximum Gasteiger partial charge on any atom is 0.317 e. The molecule has 13 heteroatoms. The van der Waals surface area contributed by atoms with Crippen molar-refractivity contribution in [2.75, 3.05) is 13.2 Å². The molecule has 4 rings (SSSR count). The van der Waals surface area contributed by atoms with Gasteiger partial charge in [-0.15, -0.1) is 0 Å². The molecule has 3 amide bonds. The van der Waals surface area contributed by atoms with Gasteiger partial charge in [0.25, 0.3) is 11.8 Å². The number of pyridine rings is 1. The highest BCUT2D eigenvalue weighted by Crippen LogP contribution is 2.29. The topological polar surface area (TPSA) is 110 Å². The number of rotatable bonds is 5. The number of fused-ring (bicyclic) bond motifs is 1. The Morgan fingerprint density at radius 3 is 2.71 bits per heavy atom. The van der Waals surface area contributed by atoms with E-state index in [2.05, 4.69) is 4.98 Å². The zero-order valence-electron chi connectivity index (χ0n) is 17.4. The molecule has 1 fully saturated rings. The number of amides is 3. The summed E-state index contributed by atoms with van der Waals surface area (Å²) in [6.07, 6.45) is -2.36. The van der Waals surface area contributed by atoms with Crippen molar-refractivity contribution < 1.29 is 41.4 Å². The lowest BCUT2D eigenvalue weighted by molar-refractivity contribution is -0.132. The maximum absolute atomic E-state index is 13.6. The molecule has 0 saturated carbocycles. The molecule has 9 nitrogen and oxygen atoms in total. The van der Waals surface area contributed by atoms with Crippen LogP contribution in [0.2, 0.25) is 0 Å². The molecule has 0 aliphatic carbocycles. The van der Waals surface area contributed by atoms with Gasteiger partial charge in [0.05, 0.1) is 42.6 Å². The minimum Gasteiger partial charge on any atom is -0.488 e. The predicted octanol–water partition coefficient (Wildman–Crippen LogP) is 1.58. The first-order chi connectivity index (χ1) is 16.2. The third kappa shape index (κ3) is 4.78. The van der Waals surface area contributed by atoms with Crippen molar-refractivity contribution in [3.05, 3.63) is 58.9 Å². The monoisotopic (exact) mass is 482 g/mol. The fourth-order valence-electron chi connectivity index (χ4n) is 3.69. The molecule has 1 aromatic carbocycles. The number of nitrogens with zero attached hydrogens (tertiary/aromatic N) is 2. The molecule has 1 aromatic heterocycles. The molecule has 2 N–H and O–H groups in total. The minimum absolute atomic E-state index is 0.0872. The number of benzene rings is 1. The zero-order valence-corrected chi connectivity index (χ0v) is 17.4. The second kappa shape index (κ2) is 9.63. The molecule has 2 aromatic rings. The lowest BCUT2D eigenvalue weighted by Gasteiger charge is -2.37. The Bertz CT molecular complexity index is 1130. The Morgan fingerprint density at radius 2 is 1.97 bits per heavy atom. The highest BCUT2D eigenvalue weighted by atomic mass is 19.3. The smallest absolute Gasteiger partial charge is 0.317 e. The summed E-state index contributed by atoms with van der Waals surface area (Å²) in [6.45, 7) is 0.553. The summed E-state index contributed by atoms with van der Waals surface area (Å²) in [4.78, 5) is 41.7. The Hall–Kier alpha value is -3.74. The molecular formula is C21H18F4N4O5. The van der Waals surface area contributed by atoms with E-state index >= 15 is 0 Å². The molecule has 180 valence electrons. The molecular weight excluding hydrogens is 464 g/mol. The van der Waals surface area contributed by atoms with E-state index in [1.54, 1.807) is 5.43 Å². The van der Waals surface area contributed by atoms with E-state index in [1.807, 2.05) is 5.43 Å². The first-order valence-electron chi connectivity index (χ1n) is 10.1. The van der Waals surface area contributed by atoms with Crippen molar-refractivity contribution in [2.45, 2.75) is 31.5 Å². The van der Waals surface area contributed by atoms with Gasteiger partial charge in [0, 0.05) is 18.7 Å². The Balaban J connectivity index is 1.48. The van der Waals surface area contributed by atoms with Gasteiger partial charge in [-0.1, -0.05) is 0 Å². The summed E-state index contributed by atoms with van der Waals surface area (Å²) in [5.74, 6) is -5.07. The summed E-state index contributed by atoms with van der Waals surface area (Å²) in [5.41, 5.74) is 3.74. The largest absolute Gasteiger partial charge is 0.488 e. The van der Waals surface area contributed by atoms with Crippen LogP contribution in [0.4, 0.5) is 17.6 Å². The van der Waals surface area contributed by atoms with Crippen molar-refractivity contribution in [2.24, 2.45) is 0 Å². The van der Waals surface area contributed by atoms with Crippen molar-refractivity contribution in [1.29, 1.82) is 0 Å². The van der Waals surface area contributed by atoms with Crippen LogP contribution in [0.5, 0.6) is 5.75 Å². The van der Waals surface area contributed by atoms with E-state index in [4.69, 9.17) is 9.47 Å². The SMILES string of the molecule is O=C(NNC(=O)C(F)F)c1cnc2c(c1)C(=O)N([C@@H]1COCC[C@H]1Oc1ccc(F)c(F)c1)C2. The van der Waals surface area contributed by atoms with E-state index < -0.39 is 47.9 Å². The average molecular weight is 482 g/mol. The highest BCUT2D eigenvalue weighted by Gasteiger charge is 2.40. The summed E-state index contributed by atoms with van der Waals surface area (Å²) in [7, 11) is 0. The average Bonchev–Trinajstić information content (AvgIpc) is 3.15. The van der Waals surface area contributed by atoms with E-state index in [-0.39, 0.29) is 30.0 Å². The van der Waals surface area contributed by atoms with E-state index in [9.17, 15) is 31.9 Å². The van der Waals surface area contributed by atoms with Gasteiger partial charge in [0.1, 0.15) is 11.9 Å². The number of hydrogen-bond acceptors (Lipinski definition) is 6. The van der Waals surface area contributed by atoms with Crippen LogP contribution < -0.4 is 15.6 Å². The van der Waals surface area contributed by atoms with Crippen molar-refractivity contribution in [3.63, 3.8) is 0 Å². The van der Waals surface area contributed by atoms with Crippen LogP contribution >= 0.6 is 0 Å². The quantitative estimate of drug-likeness (QED) is 0.495. The molecule has 2 aliphatic heterocycles. The zero-order chi connectivity index (χ0) is 24.4. The first kappa shape index (κ1) is 23.4. The molecule has 2 aliphatic rings. The van der Waals surface area contributed by atoms with Crippen LogP contribution in [0, 0.1) is 11.6 Å². The number of hydrogen-bond donors (Lipinski definition) is 2. The summed E-state index contributed by atoms with van der Waals surface area (Å²) in [6, 6.07) is 3.80.